The summed E-state index contributed by atoms with van der Waals surface area (Å²) in [5, 5.41) is 0. The van der Waals surface area contributed by atoms with E-state index in [1.807, 2.05) is 20.8 Å². The second kappa shape index (κ2) is 3.66. The summed E-state index contributed by atoms with van der Waals surface area (Å²) in [6.07, 6.45) is 1.80. The molecule has 0 aromatic carbocycles. The van der Waals surface area contributed by atoms with Crippen LogP contribution in [0.15, 0.2) is 0 Å². The van der Waals surface area contributed by atoms with E-state index in [-0.39, 0.29) is 17.7 Å². The van der Waals surface area contributed by atoms with E-state index in [1.54, 1.807) is 0 Å². The fourth-order valence-electron chi connectivity index (χ4n) is 1.23. The van der Waals surface area contributed by atoms with Gasteiger partial charge in [0.2, 0.25) is 0 Å². The zero-order chi connectivity index (χ0) is 10.1. The van der Waals surface area contributed by atoms with E-state index < -0.39 is 0 Å². The van der Waals surface area contributed by atoms with Crippen molar-refractivity contribution in [1.82, 2.24) is 0 Å². The highest BCUT2D eigenvalue weighted by molar-refractivity contribution is 5.75. The molecule has 0 heterocycles. The first-order chi connectivity index (χ1) is 5.94. The Kier molecular flexibility index (Phi) is 2.96. The standard InChI is InChI=1S/C10H18O3/c1-10(2,3)13-8(7-5-6-7)9(11)12-4/h7-8H,5-6H2,1-4H3. The minimum Gasteiger partial charge on any atom is -0.467 e. The number of hydrogen-bond donors (Lipinski definition) is 0. The average Bonchev–Trinajstić information content (AvgIpc) is 2.79. The average molecular weight is 186 g/mol. The highest BCUT2D eigenvalue weighted by Gasteiger charge is 2.40. The van der Waals surface area contributed by atoms with Crippen molar-refractivity contribution in [2.75, 3.05) is 7.11 Å². The Bertz CT molecular complexity index is 189. The summed E-state index contributed by atoms with van der Waals surface area (Å²) in [7, 11) is 1.41. The minimum atomic E-state index is -0.356. The van der Waals surface area contributed by atoms with Gasteiger partial charge in [-0.25, -0.2) is 4.79 Å². The molecule has 1 rings (SSSR count). The predicted molar refractivity (Wildman–Crippen MR) is 49.4 cm³/mol. The van der Waals surface area contributed by atoms with Crippen molar-refractivity contribution in [2.24, 2.45) is 5.92 Å². The molecule has 76 valence electrons. The van der Waals surface area contributed by atoms with E-state index in [4.69, 9.17) is 9.47 Å². The molecule has 0 bridgehead atoms. The number of methoxy groups -OCH3 is 1. The minimum absolute atomic E-state index is 0.238. The zero-order valence-corrected chi connectivity index (χ0v) is 8.79. The summed E-state index contributed by atoms with van der Waals surface area (Å²) in [4.78, 5) is 11.3. The Morgan fingerprint density at radius 2 is 1.92 bits per heavy atom. The molecular formula is C10H18O3. The van der Waals surface area contributed by atoms with Gasteiger partial charge in [0, 0.05) is 0 Å². The molecule has 0 amide bonds. The van der Waals surface area contributed by atoms with Crippen LogP contribution in [0.2, 0.25) is 0 Å². The lowest BCUT2D eigenvalue weighted by Gasteiger charge is -2.25. The normalized spacial score (nSPS) is 19.7. The molecule has 1 fully saturated rings. The molecule has 1 saturated carbocycles. The third-order valence-electron chi connectivity index (χ3n) is 1.96. The van der Waals surface area contributed by atoms with E-state index in [2.05, 4.69) is 0 Å². The molecule has 1 atom stereocenters. The van der Waals surface area contributed by atoms with Crippen LogP contribution in [0.4, 0.5) is 0 Å². The number of carbonyl (C=O) groups excluding carboxylic acids is 1. The molecule has 0 aromatic rings. The van der Waals surface area contributed by atoms with Crippen LogP contribution in [0.5, 0.6) is 0 Å². The fraction of sp³-hybridized carbons (Fsp3) is 0.900. The maximum atomic E-state index is 11.3. The zero-order valence-electron chi connectivity index (χ0n) is 8.79. The largest absolute Gasteiger partial charge is 0.467 e. The van der Waals surface area contributed by atoms with Crippen molar-refractivity contribution in [3.05, 3.63) is 0 Å². The summed E-state index contributed by atoms with van der Waals surface area (Å²) < 4.78 is 10.3. The van der Waals surface area contributed by atoms with Gasteiger partial charge in [-0.15, -0.1) is 0 Å². The molecule has 0 radical (unpaired) electrons. The molecular weight excluding hydrogens is 168 g/mol. The summed E-state index contributed by atoms with van der Waals surface area (Å²) >= 11 is 0. The third-order valence-corrected chi connectivity index (χ3v) is 1.96. The van der Waals surface area contributed by atoms with Crippen LogP contribution >= 0.6 is 0 Å². The van der Waals surface area contributed by atoms with Gasteiger partial charge in [0.1, 0.15) is 0 Å². The van der Waals surface area contributed by atoms with E-state index >= 15 is 0 Å². The van der Waals surface area contributed by atoms with Gasteiger partial charge in [0.05, 0.1) is 12.7 Å². The van der Waals surface area contributed by atoms with Crippen molar-refractivity contribution in [1.29, 1.82) is 0 Å². The summed E-state index contributed by atoms with van der Waals surface area (Å²) in [6, 6.07) is 0. The van der Waals surface area contributed by atoms with Crippen molar-refractivity contribution in [3.8, 4) is 0 Å². The molecule has 3 heteroatoms. The van der Waals surface area contributed by atoms with Crippen LogP contribution in [0.25, 0.3) is 0 Å². The van der Waals surface area contributed by atoms with Crippen molar-refractivity contribution < 1.29 is 14.3 Å². The molecule has 0 saturated heterocycles. The predicted octanol–water partition coefficient (Wildman–Crippen LogP) is 1.75. The van der Waals surface area contributed by atoms with Gasteiger partial charge in [-0.05, 0) is 39.5 Å². The highest BCUT2D eigenvalue weighted by Crippen LogP contribution is 2.36. The summed E-state index contributed by atoms with van der Waals surface area (Å²) in [6.45, 7) is 5.85. The van der Waals surface area contributed by atoms with E-state index in [9.17, 15) is 4.79 Å². The van der Waals surface area contributed by atoms with Gasteiger partial charge in [0.15, 0.2) is 6.10 Å². The molecule has 0 aliphatic heterocycles. The van der Waals surface area contributed by atoms with E-state index in [1.165, 1.54) is 7.11 Å². The lowest BCUT2D eigenvalue weighted by molar-refractivity contribution is -0.165. The SMILES string of the molecule is COC(=O)C(OC(C)(C)C)C1CC1. The van der Waals surface area contributed by atoms with Crippen LogP contribution in [0.3, 0.4) is 0 Å². The number of rotatable bonds is 3. The van der Waals surface area contributed by atoms with Crippen molar-refractivity contribution >= 4 is 5.97 Å². The molecule has 13 heavy (non-hydrogen) atoms. The van der Waals surface area contributed by atoms with Crippen LogP contribution in [-0.2, 0) is 14.3 Å². The summed E-state index contributed by atoms with van der Waals surface area (Å²) in [5.41, 5.74) is -0.276. The molecule has 1 unspecified atom stereocenters. The molecule has 1 aliphatic carbocycles. The molecule has 3 nitrogen and oxygen atoms in total. The lowest BCUT2D eigenvalue weighted by atomic mass is 10.1. The van der Waals surface area contributed by atoms with Gasteiger partial charge in [0.25, 0.3) is 0 Å². The third kappa shape index (κ3) is 3.35. The topological polar surface area (TPSA) is 35.5 Å². The molecule has 0 aromatic heterocycles. The second-order valence-electron chi connectivity index (χ2n) is 4.51. The van der Waals surface area contributed by atoms with Crippen LogP contribution in [0.1, 0.15) is 33.6 Å². The Balaban J connectivity index is 2.52. The quantitative estimate of drug-likeness (QED) is 0.630. The summed E-state index contributed by atoms with van der Waals surface area (Å²) in [5.74, 6) is 0.143. The Morgan fingerprint density at radius 1 is 1.38 bits per heavy atom. The van der Waals surface area contributed by atoms with Gasteiger partial charge in [-0.1, -0.05) is 0 Å². The molecule has 0 spiro atoms. The Labute approximate surface area is 79.4 Å². The van der Waals surface area contributed by atoms with Crippen LogP contribution in [0, 0.1) is 5.92 Å². The number of hydrogen-bond acceptors (Lipinski definition) is 3. The Morgan fingerprint density at radius 3 is 2.23 bits per heavy atom. The number of esters is 1. The van der Waals surface area contributed by atoms with Crippen LogP contribution in [-0.4, -0.2) is 24.8 Å². The number of ether oxygens (including phenoxy) is 2. The second-order valence-corrected chi connectivity index (χ2v) is 4.51. The number of carbonyl (C=O) groups is 1. The Hall–Kier alpha value is -0.570. The maximum Gasteiger partial charge on any atom is 0.335 e. The lowest BCUT2D eigenvalue weighted by Crippen LogP contribution is -2.35. The van der Waals surface area contributed by atoms with Crippen LogP contribution < -0.4 is 0 Å². The van der Waals surface area contributed by atoms with Crippen molar-refractivity contribution in [2.45, 2.75) is 45.3 Å². The molecule has 1 aliphatic rings. The smallest absolute Gasteiger partial charge is 0.335 e. The van der Waals surface area contributed by atoms with E-state index in [0.29, 0.717) is 5.92 Å². The highest BCUT2D eigenvalue weighted by atomic mass is 16.6. The first-order valence-electron chi connectivity index (χ1n) is 4.69. The fourth-order valence-corrected chi connectivity index (χ4v) is 1.23. The van der Waals surface area contributed by atoms with Gasteiger partial charge >= 0.3 is 5.97 Å². The molecule has 0 N–H and O–H groups in total. The van der Waals surface area contributed by atoms with Gasteiger partial charge in [-0.2, -0.15) is 0 Å². The monoisotopic (exact) mass is 186 g/mol. The first kappa shape index (κ1) is 10.5. The first-order valence-corrected chi connectivity index (χ1v) is 4.69. The van der Waals surface area contributed by atoms with E-state index in [0.717, 1.165) is 12.8 Å². The maximum absolute atomic E-state index is 11.3. The van der Waals surface area contributed by atoms with Gasteiger partial charge in [-0.3, -0.25) is 0 Å². The van der Waals surface area contributed by atoms with Gasteiger partial charge < -0.3 is 9.47 Å². The van der Waals surface area contributed by atoms with Crippen molar-refractivity contribution in [3.63, 3.8) is 0 Å².